The first kappa shape index (κ1) is 25.9. The van der Waals surface area contributed by atoms with Gasteiger partial charge in [0.2, 0.25) is 0 Å². The molecule has 0 saturated carbocycles. The highest BCUT2D eigenvalue weighted by Crippen LogP contribution is 2.40. The normalized spacial score (nSPS) is 11.9. The van der Waals surface area contributed by atoms with Crippen LogP contribution in [-0.4, -0.2) is 33.4 Å². The molecule has 3 aromatic rings. The van der Waals surface area contributed by atoms with E-state index < -0.39 is 0 Å². The highest BCUT2D eigenvalue weighted by molar-refractivity contribution is 7.19. The van der Waals surface area contributed by atoms with E-state index in [-0.39, 0.29) is 12.4 Å². The summed E-state index contributed by atoms with van der Waals surface area (Å²) in [5, 5.41) is 1.31. The molecule has 0 aliphatic rings. The van der Waals surface area contributed by atoms with Crippen molar-refractivity contribution in [2.45, 2.75) is 58.8 Å². The van der Waals surface area contributed by atoms with Crippen molar-refractivity contribution < 1.29 is 23.7 Å². The third-order valence-corrected chi connectivity index (χ3v) is 7.48. The van der Waals surface area contributed by atoms with Crippen molar-refractivity contribution in [1.29, 1.82) is 0 Å². The number of carbonyl (C=O) groups excluding carboxylic acids is 1. The van der Waals surface area contributed by atoms with Crippen molar-refractivity contribution >= 4 is 27.4 Å². The van der Waals surface area contributed by atoms with E-state index in [1.54, 1.807) is 21.1 Å². The Labute approximate surface area is 207 Å². The van der Waals surface area contributed by atoms with Crippen LogP contribution < -0.4 is 14.2 Å². The summed E-state index contributed by atoms with van der Waals surface area (Å²) in [6, 6.07) is 12.0. The van der Waals surface area contributed by atoms with Gasteiger partial charge in [-0.2, -0.15) is 0 Å². The standard InChI is InChI=1S/C28H36O5S/c1-6-8-9-21(28-19(3)23-12-11-22(30-4)18-26(23)34-28)14-15-33-24-13-10-20(16-25(24)31-5)17-27(29)32-7-2/h10-13,16,18,21H,6-9,14-15,17H2,1-5H3. The fraction of sp³-hybridized carbons (Fsp3) is 0.464. The molecule has 0 saturated heterocycles. The molecule has 184 valence electrons. The Morgan fingerprint density at radius 1 is 1.00 bits per heavy atom. The summed E-state index contributed by atoms with van der Waals surface area (Å²) >= 11 is 1.87. The van der Waals surface area contributed by atoms with E-state index in [4.69, 9.17) is 18.9 Å². The van der Waals surface area contributed by atoms with Gasteiger partial charge in [0.05, 0.1) is 33.9 Å². The fourth-order valence-electron chi connectivity index (χ4n) is 4.23. The molecule has 1 atom stereocenters. The zero-order valence-electron chi connectivity index (χ0n) is 20.9. The summed E-state index contributed by atoms with van der Waals surface area (Å²) in [6.07, 6.45) is 4.65. The second kappa shape index (κ2) is 12.7. The van der Waals surface area contributed by atoms with Crippen LogP contribution in [0.5, 0.6) is 17.2 Å². The van der Waals surface area contributed by atoms with Crippen molar-refractivity contribution in [3.63, 3.8) is 0 Å². The lowest BCUT2D eigenvalue weighted by Crippen LogP contribution is -2.09. The number of esters is 1. The second-order valence-electron chi connectivity index (χ2n) is 8.40. The number of hydrogen-bond acceptors (Lipinski definition) is 6. The van der Waals surface area contributed by atoms with Crippen LogP contribution in [0.1, 0.15) is 61.5 Å². The predicted octanol–water partition coefficient (Wildman–Crippen LogP) is 7.08. The lowest BCUT2D eigenvalue weighted by Gasteiger charge is -2.18. The van der Waals surface area contributed by atoms with Gasteiger partial charge in [0.25, 0.3) is 0 Å². The zero-order valence-corrected chi connectivity index (χ0v) is 21.8. The maximum Gasteiger partial charge on any atom is 0.310 e. The van der Waals surface area contributed by atoms with Crippen LogP contribution in [0.25, 0.3) is 10.1 Å². The quantitative estimate of drug-likeness (QED) is 0.243. The number of thiophene rings is 1. The summed E-state index contributed by atoms with van der Waals surface area (Å²) < 4.78 is 23.4. The van der Waals surface area contributed by atoms with Gasteiger partial charge >= 0.3 is 5.97 Å². The highest BCUT2D eigenvalue weighted by atomic mass is 32.1. The third-order valence-electron chi connectivity index (χ3n) is 6.06. The molecule has 0 radical (unpaired) electrons. The van der Waals surface area contributed by atoms with Crippen LogP contribution in [0, 0.1) is 6.92 Å². The van der Waals surface area contributed by atoms with Crippen LogP contribution >= 0.6 is 11.3 Å². The monoisotopic (exact) mass is 484 g/mol. The van der Waals surface area contributed by atoms with Gasteiger partial charge in [-0.1, -0.05) is 25.8 Å². The topological polar surface area (TPSA) is 54.0 Å². The van der Waals surface area contributed by atoms with Gasteiger partial charge in [-0.05, 0) is 79.5 Å². The highest BCUT2D eigenvalue weighted by Gasteiger charge is 2.19. The smallest absolute Gasteiger partial charge is 0.310 e. The first-order valence-electron chi connectivity index (χ1n) is 12.0. The first-order valence-corrected chi connectivity index (χ1v) is 12.8. The summed E-state index contributed by atoms with van der Waals surface area (Å²) in [5.74, 6) is 2.43. The van der Waals surface area contributed by atoms with Gasteiger partial charge in [-0.15, -0.1) is 11.3 Å². The Hall–Kier alpha value is -2.73. The molecule has 0 bridgehead atoms. The van der Waals surface area contributed by atoms with Crippen molar-refractivity contribution in [3.05, 3.63) is 52.4 Å². The molecule has 34 heavy (non-hydrogen) atoms. The maximum atomic E-state index is 11.8. The van der Waals surface area contributed by atoms with Crippen molar-refractivity contribution in [1.82, 2.24) is 0 Å². The molecule has 0 amide bonds. The average molecular weight is 485 g/mol. The number of aryl methyl sites for hydroxylation is 1. The molecule has 0 N–H and O–H groups in total. The van der Waals surface area contributed by atoms with Crippen LogP contribution in [0.4, 0.5) is 0 Å². The van der Waals surface area contributed by atoms with Crippen LogP contribution in [-0.2, 0) is 16.0 Å². The molecule has 3 rings (SSSR count). The van der Waals surface area contributed by atoms with Gasteiger partial charge in [0, 0.05) is 9.58 Å². The number of ether oxygens (including phenoxy) is 4. The average Bonchev–Trinajstić information content (AvgIpc) is 3.17. The van der Waals surface area contributed by atoms with Gasteiger partial charge < -0.3 is 18.9 Å². The molecule has 0 spiro atoms. The van der Waals surface area contributed by atoms with E-state index in [9.17, 15) is 4.79 Å². The zero-order chi connectivity index (χ0) is 24.5. The third kappa shape index (κ3) is 6.44. The Morgan fingerprint density at radius 2 is 1.82 bits per heavy atom. The summed E-state index contributed by atoms with van der Waals surface area (Å²) in [4.78, 5) is 13.2. The van der Waals surface area contributed by atoms with Crippen molar-refractivity contribution in [3.8, 4) is 17.2 Å². The van der Waals surface area contributed by atoms with E-state index in [0.717, 1.165) is 24.2 Å². The number of carbonyl (C=O) groups is 1. The van der Waals surface area contributed by atoms with Crippen LogP contribution in [0.2, 0.25) is 0 Å². The Balaban J connectivity index is 1.72. The summed E-state index contributed by atoms with van der Waals surface area (Å²) in [7, 11) is 3.33. The molecule has 0 aliphatic heterocycles. The lowest BCUT2D eigenvalue weighted by atomic mass is 9.94. The van der Waals surface area contributed by atoms with E-state index in [0.29, 0.717) is 30.6 Å². The first-order chi connectivity index (χ1) is 16.5. The lowest BCUT2D eigenvalue weighted by molar-refractivity contribution is -0.142. The fourth-order valence-corrected chi connectivity index (χ4v) is 5.64. The van der Waals surface area contributed by atoms with Crippen LogP contribution in [0.15, 0.2) is 36.4 Å². The minimum absolute atomic E-state index is 0.222. The molecular weight excluding hydrogens is 448 g/mol. The molecular formula is C28H36O5S. The number of rotatable bonds is 13. The van der Waals surface area contributed by atoms with E-state index in [2.05, 4.69) is 26.0 Å². The minimum Gasteiger partial charge on any atom is -0.497 e. The molecule has 1 unspecified atom stereocenters. The van der Waals surface area contributed by atoms with Gasteiger partial charge in [0.15, 0.2) is 11.5 Å². The molecule has 6 heteroatoms. The van der Waals surface area contributed by atoms with Crippen LogP contribution in [0.3, 0.4) is 0 Å². The van der Waals surface area contributed by atoms with E-state index in [1.807, 2.05) is 35.6 Å². The molecule has 2 aromatic carbocycles. The second-order valence-corrected chi connectivity index (χ2v) is 9.48. The Morgan fingerprint density at radius 3 is 2.53 bits per heavy atom. The largest absolute Gasteiger partial charge is 0.497 e. The number of fused-ring (bicyclic) bond motifs is 1. The number of unbranched alkanes of at least 4 members (excludes halogenated alkanes) is 1. The van der Waals surface area contributed by atoms with Gasteiger partial charge in [-0.3, -0.25) is 4.79 Å². The van der Waals surface area contributed by atoms with E-state index >= 15 is 0 Å². The summed E-state index contributed by atoms with van der Waals surface area (Å²) in [5.41, 5.74) is 2.21. The minimum atomic E-state index is -0.242. The Kier molecular flexibility index (Phi) is 9.63. The maximum absolute atomic E-state index is 11.8. The Bertz CT molecular complexity index is 1090. The molecule has 1 heterocycles. The predicted molar refractivity (Wildman–Crippen MR) is 139 cm³/mol. The molecule has 0 fully saturated rings. The number of benzene rings is 2. The molecule has 0 aliphatic carbocycles. The van der Waals surface area contributed by atoms with Gasteiger partial charge in [-0.25, -0.2) is 0 Å². The molecule has 1 aromatic heterocycles. The molecule has 5 nitrogen and oxygen atoms in total. The summed E-state index contributed by atoms with van der Waals surface area (Å²) in [6.45, 7) is 7.24. The van der Waals surface area contributed by atoms with Crippen molar-refractivity contribution in [2.75, 3.05) is 27.4 Å². The van der Waals surface area contributed by atoms with Gasteiger partial charge in [0.1, 0.15) is 5.75 Å². The number of hydrogen-bond donors (Lipinski definition) is 0. The number of methoxy groups -OCH3 is 2. The SMILES string of the molecule is CCCCC(CCOc1ccc(CC(=O)OCC)cc1OC)c1sc2cc(OC)ccc2c1C. The van der Waals surface area contributed by atoms with E-state index in [1.165, 1.54) is 33.4 Å². The van der Waals surface area contributed by atoms with Crippen molar-refractivity contribution in [2.24, 2.45) is 0 Å².